The Morgan fingerprint density at radius 1 is 1.06 bits per heavy atom. The Morgan fingerprint density at radius 2 is 1.69 bits per heavy atom. The Bertz CT molecular complexity index is 1300. The Morgan fingerprint density at radius 3 is 2.25 bits per heavy atom. The number of aromatic nitrogens is 3. The number of amides is 1. The van der Waals surface area contributed by atoms with Crippen molar-refractivity contribution in [3.05, 3.63) is 101 Å². The van der Waals surface area contributed by atoms with Crippen LogP contribution < -0.4 is 0 Å². The van der Waals surface area contributed by atoms with Crippen molar-refractivity contribution in [1.82, 2.24) is 19.0 Å². The van der Waals surface area contributed by atoms with Crippen LogP contribution in [-0.4, -0.2) is 32.0 Å². The van der Waals surface area contributed by atoms with Crippen LogP contribution in [-0.2, 0) is 26.3 Å². The average molecular weight is 517 g/mol. The second-order valence-corrected chi connectivity index (χ2v) is 8.42. The zero-order valence-electron chi connectivity index (χ0n) is 20.6. The van der Waals surface area contributed by atoms with Gasteiger partial charge in [-0.15, -0.1) is 0 Å². The third-order valence-electron chi connectivity index (χ3n) is 5.57. The molecule has 0 N–H and O–H groups in total. The summed E-state index contributed by atoms with van der Waals surface area (Å²) in [7, 11) is 3.34. The molecular formula is C27H28ClF3N4O. The molecule has 2 aromatic heterocycles. The van der Waals surface area contributed by atoms with E-state index in [-0.39, 0.29) is 24.3 Å². The highest BCUT2D eigenvalue weighted by Gasteiger charge is 2.39. The number of imidazole rings is 1. The molecule has 190 valence electrons. The van der Waals surface area contributed by atoms with E-state index in [0.717, 1.165) is 10.6 Å². The molecule has 0 spiro atoms. The van der Waals surface area contributed by atoms with E-state index >= 15 is 0 Å². The van der Waals surface area contributed by atoms with Crippen LogP contribution in [0.1, 0.15) is 41.4 Å². The molecule has 5 nitrogen and oxygen atoms in total. The van der Waals surface area contributed by atoms with E-state index in [1.807, 2.05) is 13.8 Å². The Kier molecular flexibility index (Phi) is 8.63. The number of carbonyl (C=O) groups is 1. The summed E-state index contributed by atoms with van der Waals surface area (Å²) in [6.45, 7) is 4.03. The maximum atomic E-state index is 14.2. The number of aryl methyl sites for hydroxylation is 1. The molecule has 2 heterocycles. The van der Waals surface area contributed by atoms with Gasteiger partial charge in [-0.25, -0.2) is 4.98 Å². The number of hydrogen-bond acceptors (Lipinski definition) is 2. The number of hydrogen-bond donors (Lipinski definition) is 0. The lowest BCUT2D eigenvalue weighted by atomic mass is 10.0. The second-order valence-electron chi connectivity index (χ2n) is 7.98. The van der Waals surface area contributed by atoms with Crippen LogP contribution in [0.4, 0.5) is 13.2 Å². The SMILES string of the molecule is CC.CN(Cc1nccn1C)C(=O)c1c(-c2ccc(Cl)cc2)cc(C(F)(F)F)n1Cc1ccccc1. The minimum absolute atomic E-state index is 0.0461. The molecule has 0 saturated carbocycles. The Balaban J connectivity index is 0.00000176. The van der Waals surface area contributed by atoms with Gasteiger partial charge in [0.25, 0.3) is 5.91 Å². The van der Waals surface area contributed by atoms with E-state index in [1.165, 1.54) is 4.90 Å². The summed E-state index contributed by atoms with van der Waals surface area (Å²) in [5.41, 5.74) is 0.365. The fourth-order valence-corrected chi connectivity index (χ4v) is 3.93. The molecule has 0 atom stereocenters. The van der Waals surface area contributed by atoms with Crippen molar-refractivity contribution >= 4 is 17.5 Å². The molecular weight excluding hydrogens is 489 g/mol. The maximum Gasteiger partial charge on any atom is 0.431 e. The van der Waals surface area contributed by atoms with Crippen molar-refractivity contribution in [2.75, 3.05) is 7.05 Å². The van der Waals surface area contributed by atoms with Crippen LogP contribution in [0.3, 0.4) is 0 Å². The Labute approximate surface area is 213 Å². The number of benzene rings is 2. The summed E-state index contributed by atoms with van der Waals surface area (Å²) in [6, 6.07) is 16.2. The first-order chi connectivity index (χ1) is 17.1. The lowest BCUT2D eigenvalue weighted by molar-refractivity contribution is -0.143. The van der Waals surface area contributed by atoms with Gasteiger partial charge in [-0.3, -0.25) is 4.79 Å². The number of carbonyl (C=O) groups excluding carboxylic acids is 1. The van der Waals surface area contributed by atoms with Crippen LogP contribution in [0.2, 0.25) is 5.02 Å². The van der Waals surface area contributed by atoms with E-state index in [2.05, 4.69) is 4.98 Å². The largest absolute Gasteiger partial charge is 0.431 e. The van der Waals surface area contributed by atoms with Gasteiger partial charge < -0.3 is 14.0 Å². The van der Waals surface area contributed by atoms with Crippen molar-refractivity contribution < 1.29 is 18.0 Å². The van der Waals surface area contributed by atoms with Crippen molar-refractivity contribution in [2.45, 2.75) is 33.1 Å². The van der Waals surface area contributed by atoms with Crippen molar-refractivity contribution in [1.29, 1.82) is 0 Å². The van der Waals surface area contributed by atoms with Crippen LogP contribution in [0.15, 0.2) is 73.1 Å². The molecule has 4 aromatic rings. The molecule has 0 fully saturated rings. The van der Waals surface area contributed by atoms with Gasteiger partial charge in [0.15, 0.2) is 0 Å². The van der Waals surface area contributed by atoms with Gasteiger partial charge in [-0.05, 0) is 29.3 Å². The predicted molar refractivity (Wildman–Crippen MR) is 136 cm³/mol. The van der Waals surface area contributed by atoms with Crippen molar-refractivity contribution in [3.63, 3.8) is 0 Å². The summed E-state index contributed by atoms with van der Waals surface area (Å²) in [5, 5.41) is 0.447. The molecule has 4 rings (SSSR count). The first-order valence-corrected chi connectivity index (χ1v) is 11.8. The van der Waals surface area contributed by atoms with E-state index in [1.54, 1.807) is 85.7 Å². The second kappa shape index (κ2) is 11.5. The van der Waals surface area contributed by atoms with Crippen molar-refractivity contribution in [2.24, 2.45) is 7.05 Å². The van der Waals surface area contributed by atoms with Crippen LogP contribution in [0.5, 0.6) is 0 Å². The number of alkyl halides is 3. The topological polar surface area (TPSA) is 43.1 Å². The molecule has 0 aliphatic rings. The summed E-state index contributed by atoms with van der Waals surface area (Å²) >= 11 is 5.99. The lowest BCUT2D eigenvalue weighted by Gasteiger charge is -2.21. The zero-order valence-corrected chi connectivity index (χ0v) is 21.3. The van der Waals surface area contributed by atoms with Gasteiger partial charge in [0.1, 0.15) is 17.2 Å². The minimum Gasteiger partial charge on any atom is -0.337 e. The van der Waals surface area contributed by atoms with E-state index < -0.39 is 17.8 Å². The standard InChI is InChI=1S/C25H22ClF3N4O.C2H6/c1-31-13-12-30-22(31)16-32(2)24(34)23-20(18-8-10-19(26)11-9-18)14-21(25(27,28)29)33(23)15-17-6-4-3-5-7-17;1-2/h3-14H,15-16H2,1-2H3;1-2H3. The highest BCUT2D eigenvalue weighted by atomic mass is 35.5. The molecule has 36 heavy (non-hydrogen) atoms. The van der Waals surface area contributed by atoms with E-state index in [4.69, 9.17) is 11.6 Å². The van der Waals surface area contributed by atoms with Gasteiger partial charge in [0.05, 0.1) is 6.54 Å². The lowest BCUT2D eigenvalue weighted by Crippen LogP contribution is -2.31. The average Bonchev–Trinajstić information content (AvgIpc) is 3.44. The summed E-state index contributed by atoms with van der Waals surface area (Å²) < 4.78 is 45.3. The third-order valence-corrected chi connectivity index (χ3v) is 5.83. The molecule has 1 amide bonds. The first kappa shape index (κ1) is 27.1. The molecule has 0 saturated heterocycles. The van der Waals surface area contributed by atoms with Crippen molar-refractivity contribution in [3.8, 4) is 11.1 Å². The van der Waals surface area contributed by atoms with Gasteiger partial charge in [-0.2, -0.15) is 13.2 Å². The molecule has 9 heteroatoms. The van der Waals surface area contributed by atoms with Gasteiger partial charge in [0.2, 0.25) is 0 Å². The number of nitrogens with zero attached hydrogens (tertiary/aromatic N) is 4. The third kappa shape index (κ3) is 5.99. The van der Waals surface area contributed by atoms with E-state index in [0.29, 0.717) is 22.0 Å². The highest BCUT2D eigenvalue weighted by Crippen LogP contribution is 2.38. The maximum absolute atomic E-state index is 14.2. The first-order valence-electron chi connectivity index (χ1n) is 11.5. The van der Waals surface area contributed by atoms with Gasteiger partial charge in [-0.1, -0.05) is 67.9 Å². The summed E-state index contributed by atoms with van der Waals surface area (Å²) in [5.74, 6) is 0.0699. The van der Waals surface area contributed by atoms with Crippen LogP contribution in [0, 0.1) is 0 Å². The Hall–Kier alpha value is -3.52. The fraction of sp³-hybridized carbons (Fsp3) is 0.259. The molecule has 0 bridgehead atoms. The molecule has 0 aliphatic heterocycles. The normalized spacial score (nSPS) is 11.1. The summed E-state index contributed by atoms with van der Waals surface area (Å²) in [6.07, 6.45) is -1.31. The smallest absolute Gasteiger partial charge is 0.337 e. The number of rotatable bonds is 6. The van der Waals surface area contributed by atoms with Crippen LogP contribution in [0.25, 0.3) is 11.1 Å². The minimum atomic E-state index is -4.66. The highest BCUT2D eigenvalue weighted by molar-refractivity contribution is 6.30. The van der Waals surface area contributed by atoms with Gasteiger partial charge in [0, 0.05) is 43.6 Å². The quantitative estimate of drug-likeness (QED) is 0.279. The predicted octanol–water partition coefficient (Wildman–Crippen LogP) is 6.91. The van der Waals surface area contributed by atoms with E-state index in [9.17, 15) is 18.0 Å². The van der Waals surface area contributed by atoms with Crippen LogP contribution >= 0.6 is 11.6 Å². The van der Waals surface area contributed by atoms with Gasteiger partial charge >= 0.3 is 6.18 Å². The molecule has 0 unspecified atom stereocenters. The zero-order chi connectivity index (χ0) is 26.5. The molecule has 2 aromatic carbocycles. The monoisotopic (exact) mass is 516 g/mol. The molecule has 0 aliphatic carbocycles. The fourth-order valence-electron chi connectivity index (χ4n) is 3.81. The number of halogens is 4. The molecule has 0 radical (unpaired) electrons. The summed E-state index contributed by atoms with van der Waals surface area (Å²) in [4.78, 5) is 19.3.